The molecule has 0 atom stereocenters. The molecule has 0 aliphatic heterocycles. The number of hydrogen-bond donors (Lipinski definition) is 1. The van der Waals surface area contributed by atoms with Crippen molar-refractivity contribution in [3.05, 3.63) is 24.3 Å². The average molecular weight is 309 g/mol. The maximum absolute atomic E-state index is 11.3. The van der Waals surface area contributed by atoms with Crippen molar-refractivity contribution in [2.45, 2.75) is 20.3 Å². The quantitative estimate of drug-likeness (QED) is 0.602. The van der Waals surface area contributed by atoms with Gasteiger partial charge in [0.2, 0.25) is 0 Å². The smallest absolute Gasteiger partial charge is 0.160 e. The second-order valence-corrected chi connectivity index (χ2v) is 5.27. The summed E-state index contributed by atoms with van der Waals surface area (Å²) in [6.07, 6.45) is 0.778. The molecule has 0 aliphatic rings. The Balaban J connectivity index is 1.96. The molecule has 0 spiro atoms. The number of ketones is 1. The van der Waals surface area contributed by atoms with Crippen molar-refractivity contribution >= 4 is 11.5 Å². The number of rotatable bonds is 12. The zero-order valence-corrected chi connectivity index (χ0v) is 13.8. The first-order valence-electron chi connectivity index (χ1n) is 7.72. The summed E-state index contributed by atoms with van der Waals surface area (Å²) >= 11 is 0. The number of benzene rings is 1. The number of carbonyl (C=O) groups excluding carboxylic acids is 1. The lowest BCUT2D eigenvalue weighted by atomic mass is 10.1. The van der Waals surface area contributed by atoms with Gasteiger partial charge in [0.1, 0.15) is 19.0 Å². The fourth-order valence-corrected chi connectivity index (χ4v) is 1.66. The van der Waals surface area contributed by atoms with Crippen molar-refractivity contribution in [1.82, 2.24) is 0 Å². The molecule has 0 aliphatic carbocycles. The van der Waals surface area contributed by atoms with Crippen molar-refractivity contribution in [2.24, 2.45) is 5.92 Å². The van der Waals surface area contributed by atoms with Crippen LogP contribution in [0.3, 0.4) is 0 Å². The van der Waals surface area contributed by atoms with Crippen molar-refractivity contribution < 1.29 is 19.0 Å². The zero-order chi connectivity index (χ0) is 16.2. The second-order valence-electron chi connectivity index (χ2n) is 5.27. The first kappa shape index (κ1) is 18.5. The Morgan fingerprint density at radius 1 is 1.14 bits per heavy atom. The molecule has 22 heavy (non-hydrogen) atoms. The van der Waals surface area contributed by atoms with E-state index in [1.807, 2.05) is 45.2 Å². The van der Waals surface area contributed by atoms with Gasteiger partial charge >= 0.3 is 0 Å². The fraction of sp³-hybridized carbons (Fsp3) is 0.588. The van der Waals surface area contributed by atoms with E-state index in [4.69, 9.17) is 14.2 Å². The normalized spacial score (nSPS) is 10.7. The molecule has 0 fully saturated rings. The van der Waals surface area contributed by atoms with Gasteiger partial charge in [0, 0.05) is 37.9 Å². The van der Waals surface area contributed by atoms with E-state index in [-0.39, 0.29) is 18.3 Å². The van der Waals surface area contributed by atoms with Crippen LogP contribution < -0.4 is 10.1 Å². The lowest BCUT2D eigenvalue weighted by Crippen LogP contribution is -2.16. The Morgan fingerprint density at radius 2 is 1.91 bits per heavy atom. The summed E-state index contributed by atoms with van der Waals surface area (Å²) in [5, 5.41) is 3.06. The van der Waals surface area contributed by atoms with Crippen molar-refractivity contribution in [3.63, 3.8) is 0 Å². The Hall–Kier alpha value is -1.59. The highest BCUT2D eigenvalue weighted by Gasteiger charge is 2.06. The van der Waals surface area contributed by atoms with Gasteiger partial charge in [0.05, 0.1) is 6.61 Å². The molecule has 1 aromatic rings. The SMILES string of the molecule is CNc1cccc(OCCOCCCOCC(=O)C(C)C)c1. The lowest BCUT2D eigenvalue weighted by Gasteiger charge is -2.09. The van der Waals surface area contributed by atoms with Crippen LogP contribution in [0.5, 0.6) is 5.75 Å². The van der Waals surface area contributed by atoms with Gasteiger partial charge in [-0.2, -0.15) is 0 Å². The largest absolute Gasteiger partial charge is 0.491 e. The third-order valence-electron chi connectivity index (χ3n) is 3.08. The Kier molecular flexibility index (Phi) is 9.26. The molecule has 1 aromatic carbocycles. The molecule has 0 bridgehead atoms. The van der Waals surface area contributed by atoms with E-state index in [2.05, 4.69) is 5.32 Å². The maximum Gasteiger partial charge on any atom is 0.160 e. The molecule has 5 nitrogen and oxygen atoms in total. The molecule has 0 radical (unpaired) electrons. The molecule has 1 N–H and O–H groups in total. The number of nitrogens with one attached hydrogen (secondary N) is 1. The standard InChI is InChI=1S/C17H27NO4/c1-14(2)17(19)13-21-9-5-8-20-10-11-22-16-7-4-6-15(12-16)18-3/h4,6-7,12,14,18H,5,8-11,13H2,1-3H3. The highest BCUT2D eigenvalue weighted by atomic mass is 16.5. The molecule has 0 saturated heterocycles. The molecular weight excluding hydrogens is 282 g/mol. The molecule has 0 unspecified atom stereocenters. The van der Waals surface area contributed by atoms with Crippen LogP contribution in [0.4, 0.5) is 5.69 Å². The summed E-state index contributed by atoms with van der Waals surface area (Å²) < 4.78 is 16.3. The zero-order valence-electron chi connectivity index (χ0n) is 13.8. The predicted octanol–water partition coefficient (Wildman–Crippen LogP) is 2.76. The molecule has 0 aromatic heterocycles. The van der Waals surface area contributed by atoms with E-state index < -0.39 is 0 Å². The van der Waals surface area contributed by atoms with Crippen LogP contribution >= 0.6 is 0 Å². The molecular formula is C17H27NO4. The van der Waals surface area contributed by atoms with Gasteiger partial charge in [-0.25, -0.2) is 0 Å². The van der Waals surface area contributed by atoms with Gasteiger partial charge < -0.3 is 19.5 Å². The van der Waals surface area contributed by atoms with Gasteiger partial charge in [-0.1, -0.05) is 19.9 Å². The van der Waals surface area contributed by atoms with E-state index in [9.17, 15) is 4.79 Å². The van der Waals surface area contributed by atoms with E-state index >= 15 is 0 Å². The molecule has 0 saturated carbocycles. The number of hydrogen-bond acceptors (Lipinski definition) is 5. The van der Waals surface area contributed by atoms with Crippen LogP contribution in [-0.2, 0) is 14.3 Å². The van der Waals surface area contributed by atoms with Crippen LogP contribution in [0.1, 0.15) is 20.3 Å². The van der Waals surface area contributed by atoms with Crippen molar-refractivity contribution in [1.29, 1.82) is 0 Å². The molecule has 0 heterocycles. The summed E-state index contributed by atoms with van der Waals surface area (Å²) in [4.78, 5) is 11.3. The Labute approximate surface area is 132 Å². The molecule has 5 heteroatoms. The number of Topliss-reactive ketones (excluding diaryl/α,β-unsaturated/α-hetero) is 1. The number of carbonyl (C=O) groups is 1. The summed E-state index contributed by atoms with van der Waals surface area (Å²) in [5.74, 6) is 0.999. The van der Waals surface area contributed by atoms with Gasteiger partial charge in [-0.15, -0.1) is 0 Å². The third-order valence-corrected chi connectivity index (χ3v) is 3.08. The summed E-state index contributed by atoms with van der Waals surface area (Å²) in [5.41, 5.74) is 1.02. The first-order chi connectivity index (χ1) is 10.6. The fourth-order valence-electron chi connectivity index (χ4n) is 1.66. The van der Waals surface area contributed by atoms with Crippen LogP contribution in [0.15, 0.2) is 24.3 Å². The topological polar surface area (TPSA) is 56.8 Å². The van der Waals surface area contributed by atoms with Crippen LogP contribution in [-0.4, -0.2) is 45.9 Å². The highest BCUT2D eigenvalue weighted by Crippen LogP contribution is 2.16. The van der Waals surface area contributed by atoms with Gasteiger partial charge in [0.15, 0.2) is 5.78 Å². The number of ether oxygens (including phenoxy) is 3. The monoisotopic (exact) mass is 309 g/mol. The number of anilines is 1. The third kappa shape index (κ3) is 8.00. The predicted molar refractivity (Wildman–Crippen MR) is 87.6 cm³/mol. The van der Waals surface area contributed by atoms with Gasteiger partial charge in [-0.3, -0.25) is 4.79 Å². The van der Waals surface area contributed by atoms with Crippen LogP contribution in [0.2, 0.25) is 0 Å². The van der Waals surface area contributed by atoms with E-state index in [1.165, 1.54) is 0 Å². The van der Waals surface area contributed by atoms with Crippen molar-refractivity contribution in [3.8, 4) is 5.75 Å². The summed E-state index contributed by atoms with van der Waals surface area (Å²) in [7, 11) is 1.87. The Morgan fingerprint density at radius 3 is 2.64 bits per heavy atom. The summed E-state index contributed by atoms with van der Waals surface area (Å²) in [6, 6.07) is 7.78. The Bertz CT molecular complexity index is 434. The second kappa shape index (κ2) is 11.0. The minimum atomic E-state index is 0.0369. The van der Waals surface area contributed by atoms with Crippen molar-refractivity contribution in [2.75, 3.05) is 45.4 Å². The molecule has 124 valence electrons. The average Bonchev–Trinajstić information content (AvgIpc) is 2.53. The first-order valence-corrected chi connectivity index (χ1v) is 7.72. The minimum absolute atomic E-state index is 0.0369. The maximum atomic E-state index is 11.3. The van der Waals surface area contributed by atoms with E-state index in [0.29, 0.717) is 26.4 Å². The van der Waals surface area contributed by atoms with Gasteiger partial charge in [-0.05, 0) is 18.6 Å². The van der Waals surface area contributed by atoms with Crippen LogP contribution in [0, 0.1) is 5.92 Å². The molecule has 1 rings (SSSR count). The highest BCUT2D eigenvalue weighted by molar-refractivity contribution is 5.81. The molecule has 0 amide bonds. The lowest BCUT2D eigenvalue weighted by molar-refractivity contribution is -0.126. The van der Waals surface area contributed by atoms with Gasteiger partial charge in [0.25, 0.3) is 0 Å². The minimum Gasteiger partial charge on any atom is -0.491 e. The van der Waals surface area contributed by atoms with E-state index in [1.54, 1.807) is 0 Å². The summed E-state index contributed by atoms with van der Waals surface area (Å²) in [6.45, 7) is 6.15. The van der Waals surface area contributed by atoms with E-state index in [0.717, 1.165) is 17.9 Å². The van der Waals surface area contributed by atoms with Crippen LogP contribution in [0.25, 0.3) is 0 Å².